The highest BCUT2D eigenvalue weighted by molar-refractivity contribution is 7.99. The lowest BCUT2D eigenvalue weighted by Gasteiger charge is -2.13. The molecule has 0 radical (unpaired) electrons. The van der Waals surface area contributed by atoms with Crippen LogP contribution in [0.5, 0.6) is 0 Å². The summed E-state index contributed by atoms with van der Waals surface area (Å²) in [6.45, 7) is 5.75. The van der Waals surface area contributed by atoms with Gasteiger partial charge in [0.1, 0.15) is 0 Å². The van der Waals surface area contributed by atoms with Crippen LogP contribution in [-0.4, -0.2) is 51.5 Å². The Balaban J connectivity index is 3.14. The average Bonchev–Trinajstić information content (AvgIpc) is 2.68. The predicted molar refractivity (Wildman–Crippen MR) is 68.9 cm³/mol. The molecule has 7 nitrogen and oxygen atoms in total. The smallest absolute Gasteiger partial charge is 0.346 e. The average molecular weight is 285 g/mol. The van der Waals surface area contributed by atoms with Crippen molar-refractivity contribution >= 4 is 23.8 Å². The van der Waals surface area contributed by atoms with E-state index in [0.29, 0.717) is 5.82 Å². The molecule has 0 N–H and O–H groups in total. The molecule has 0 saturated heterocycles. The van der Waals surface area contributed by atoms with Gasteiger partial charge in [-0.15, -0.1) is 5.10 Å². The molecule has 0 fully saturated rings. The lowest BCUT2D eigenvalue weighted by Crippen LogP contribution is -2.30. The minimum atomic E-state index is -1.21. The molecule has 0 bridgehead atoms. The Hall–Kier alpha value is -1.57. The van der Waals surface area contributed by atoms with Crippen molar-refractivity contribution in [2.24, 2.45) is 0 Å². The number of carboxylic acids is 1. The third kappa shape index (κ3) is 3.95. The van der Waals surface area contributed by atoms with Crippen LogP contribution in [-0.2, 0) is 10.2 Å². The Morgan fingerprint density at radius 2 is 1.95 bits per heavy atom. The normalized spacial score (nSPS) is 11.4. The van der Waals surface area contributed by atoms with E-state index in [1.54, 1.807) is 14.1 Å². The summed E-state index contributed by atoms with van der Waals surface area (Å²) < 4.78 is 1.12. The van der Waals surface area contributed by atoms with Gasteiger partial charge in [0.15, 0.2) is 11.0 Å². The third-order valence-electron chi connectivity index (χ3n) is 2.13. The van der Waals surface area contributed by atoms with Gasteiger partial charge in [0, 0.05) is 25.3 Å². The van der Waals surface area contributed by atoms with Crippen molar-refractivity contribution in [2.45, 2.75) is 31.3 Å². The molecule has 0 aliphatic carbocycles. The van der Waals surface area contributed by atoms with Gasteiger partial charge < -0.3 is 14.8 Å². The van der Waals surface area contributed by atoms with Crippen molar-refractivity contribution in [2.75, 3.05) is 19.8 Å². The largest absolute Gasteiger partial charge is 0.549 e. The number of aliphatic carboxylic acids is 1. The quantitative estimate of drug-likeness (QED) is 0.723. The molecular formula is C11H17N4O3S-. The van der Waals surface area contributed by atoms with Crippen molar-refractivity contribution in [1.82, 2.24) is 19.7 Å². The molecule has 0 atom stereocenters. The molecule has 1 rings (SSSR count). The van der Waals surface area contributed by atoms with E-state index in [2.05, 4.69) is 10.1 Å². The second kappa shape index (κ2) is 5.60. The molecule has 0 aliphatic heterocycles. The summed E-state index contributed by atoms with van der Waals surface area (Å²) in [5, 5.41) is 14.9. The summed E-state index contributed by atoms with van der Waals surface area (Å²) in [5.74, 6) is -0.999. The summed E-state index contributed by atoms with van der Waals surface area (Å²) >= 11 is 0.918. The molecule has 8 heteroatoms. The SMILES string of the molecule is CN(C)C(=O)n1nc(C(C)(C)C)nc1SCC(=O)[O-]. The highest BCUT2D eigenvalue weighted by Gasteiger charge is 2.25. The van der Waals surface area contributed by atoms with Crippen LogP contribution in [0, 0.1) is 0 Å². The molecule has 0 saturated carbocycles. The number of aromatic nitrogens is 3. The Morgan fingerprint density at radius 3 is 2.37 bits per heavy atom. The van der Waals surface area contributed by atoms with Gasteiger partial charge >= 0.3 is 6.03 Å². The molecule has 1 heterocycles. The van der Waals surface area contributed by atoms with Crippen LogP contribution in [0.25, 0.3) is 0 Å². The van der Waals surface area contributed by atoms with E-state index in [4.69, 9.17) is 0 Å². The van der Waals surface area contributed by atoms with Crippen LogP contribution in [0.3, 0.4) is 0 Å². The van der Waals surface area contributed by atoms with Crippen molar-refractivity contribution in [3.8, 4) is 0 Å². The standard InChI is InChI=1S/C11H18N4O3S/c1-11(2,3)8-12-9(19-6-7(16)17)15(13-8)10(18)14(4)5/h6H2,1-5H3,(H,16,17)/p-1. The Kier molecular flexibility index (Phi) is 4.56. The molecule has 1 aromatic heterocycles. The Morgan fingerprint density at radius 1 is 1.37 bits per heavy atom. The first-order valence-electron chi connectivity index (χ1n) is 5.64. The highest BCUT2D eigenvalue weighted by atomic mass is 32.2. The summed E-state index contributed by atoms with van der Waals surface area (Å²) in [7, 11) is 3.18. The van der Waals surface area contributed by atoms with Crippen LogP contribution >= 0.6 is 11.8 Å². The molecule has 1 amide bonds. The van der Waals surface area contributed by atoms with E-state index in [1.165, 1.54) is 4.90 Å². The van der Waals surface area contributed by atoms with Gasteiger partial charge in [-0.25, -0.2) is 9.78 Å². The molecule has 0 unspecified atom stereocenters. The zero-order valence-electron chi connectivity index (χ0n) is 11.6. The number of nitrogens with zero attached hydrogens (tertiary/aromatic N) is 4. The van der Waals surface area contributed by atoms with Gasteiger partial charge in [-0.3, -0.25) is 0 Å². The van der Waals surface area contributed by atoms with Crippen LogP contribution in [0.2, 0.25) is 0 Å². The third-order valence-corrected chi connectivity index (χ3v) is 3.03. The van der Waals surface area contributed by atoms with Crippen LogP contribution in [0.15, 0.2) is 5.16 Å². The highest BCUT2D eigenvalue weighted by Crippen LogP contribution is 2.23. The van der Waals surface area contributed by atoms with Gasteiger partial charge in [0.2, 0.25) is 0 Å². The summed E-state index contributed by atoms with van der Waals surface area (Å²) in [5.41, 5.74) is -0.325. The molecule has 0 aromatic carbocycles. The monoisotopic (exact) mass is 285 g/mol. The second-order valence-corrected chi connectivity index (χ2v) is 6.16. The minimum Gasteiger partial charge on any atom is -0.549 e. The zero-order valence-corrected chi connectivity index (χ0v) is 12.4. The predicted octanol–water partition coefficient (Wildman–Crippen LogP) is -0.0527. The zero-order chi connectivity index (χ0) is 14.8. The van der Waals surface area contributed by atoms with E-state index in [1.807, 2.05) is 20.8 Å². The number of carbonyl (C=O) groups is 2. The van der Waals surface area contributed by atoms with Crippen LogP contribution in [0.1, 0.15) is 26.6 Å². The minimum absolute atomic E-state index is 0.257. The van der Waals surface area contributed by atoms with Gasteiger partial charge in [0.05, 0.1) is 5.97 Å². The van der Waals surface area contributed by atoms with Crippen molar-refractivity contribution in [1.29, 1.82) is 0 Å². The molecule has 0 spiro atoms. The molecule has 106 valence electrons. The van der Waals surface area contributed by atoms with Crippen LogP contribution < -0.4 is 5.11 Å². The summed E-state index contributed by atoms with van der Waals surface area (Å²) in [4.78, 5) is 28.1. The lowest BCUT2D eigenvalue weighted by molar-refractivity contribution is -0.301. The van der Waals surface area contributed by atoms with Crippen molar-refractivity contribution in [3.05, 3.63) is 5.82 Å². The maximum atomic E-state index is 12.0. The van der Waals surface area contributed by atoms with Gasteiger partial charge in [0.25, 0.3) is 0 Å². The van der Waals surface area contributed by atoms with Crippen molar-refractivity contribution in [3.63, 3.8) is 0 Å². The Labute approximate surface area is 116 Å². The first-order chi connectivity index (χ1) is 8.62. The Bertz CT molecular complexity index is 491. The second-order valence-electron chi connectivity index (χ2n) is 5.22. The maximum absolute atomic E-state index is 12.0. The van der Waals surface area contributed by atoms with Crippen LogP contribution in [0.4, 0.5) is 4.79 Å². The summed E-state index contributed by atoms with van der Waals surface area (Å²) in [6, 6.07) is -0.371. The molecular weight excluding hydrogens is 268 g/mol. The van der Waals surface area contributed by atoms with E-state index < -0.39 is 5.97 Å². The van der Waals surface area contributed by atoms with Gasteiger partial charge in [-0.05, 0) is 0 Å². The maximum Gasteiger partial charge on any atom is 0.346 e. The fourth-order valence-electron chi connectivity index (χ4n) is 1.15. The number of amides is 1. The lowest BCUT2D eigenvalue weighted by atomic mass is 9.96. The van der Waals surface area contributed by atoms with E-state index in [9.17, 15) is 14.7 Å². The number of rotatable bonds is 3. The molecule has 19 heavy (non-hydrogen) atoms. The van der Waals surface area contributed by atoms with Gasteiger partial charge in [-0.1, -0.05) is 32.5 Å². The fraction of sp³-hybridized carbons (Fsp3) is 0.636. The molecule has 0 aliphatic rings. The van der Waals surface area contributed by atoms with Crippen molar-refractivity contribution < 1.29 is 14.7 Å². The fourth-order valence-corrected chi connectivity index (χ4v) is 1.79. The van der Waals surface area contributed by atoms with E-state index >= 15 is 0 Å². The number of carbonyl (C=O) groups excluding carboxylic acids is 2. The van der Waals surface area contributed by atoms with E-state index in [0.717, 1.165) is 16.4 Å². The number of thioether (sulfide) groups is 1. The number of hydrogen-bond acceptors (Lipinski definition) is 6. The topological polar surface area (TPSA) is 91.2 Å². The first kappa shape index (κ1) is 15.5. The van der Waals surface area contributed by atoms with E-state index in [-0.39, 0.29) is 22.4 Å². The molecule has 1 aromatic rings. The number of carboxylic acid groups (broad SMARTS) is 1. The van der Waals surface area contributed by atoms with Gasteiger partial charge in [-0.2, -0.15) is 4.68 Å². The number of hydrogen-bond donors (Lipinski definition) is 0. The first-order valence-corrected chi connectivity index (χ1v) is 6.63. The summed E-state index contributed by atoms with van der Waals surface area (Å²) in [6.07, 6.45) is 0.